The maximum absolute atomic E-state index is 6.10. The fourth-order valence-corrected chi connectivity index (χ4v) is 6.03. The minimum absolute atomic E-state index is 0.0746. The van der Waals surface area contributed by atoms with E-state index in [1.165, 1.54) is 43.8 Å². The van der Waals surface area contributed by atoms with Crippen molar-refractivity contribution in [1.82, 2.24) is 0 Å². The molecular formula is C23H14BBr3. The van der Waals surface area contributed by atoms with E-state index in [-0.39, 0.29) is 5.41 Å². The molecule has 27 heavy (non-hydrogen) atoms. The van der Waals surface area contributed by atoms with Crippen LogP contribution < -0.4 is 5.46 Å². The average molecular weight is 541 g/mol. The van der Waals surface area contributed by atoms with Gasteiger partial charge >= 0.3 is 0 Å². The highest BCUT2D eigenvalue weighted by atomic mass is 79.9. The minimum Gasteiger partial charge on any atom is -0.0963 e. The molecule has 0 amide bonds. The molecule has 130 valence electrons. The van der Waals surface area contributed by atoms with Gasteiger partial charge in [0.1, 0.15) is 7.85 Å². The Bertz CT molecular complexity index is 1290. The largest absolute Gasteiger partial charge is 0.113 e. The third-order valence-electron chi connectivity index (χ3n) is 5.77. The van der Waals surface area contributed by atoms with Crippen molar-refractivity contribution in [3.8, 4) is 11.1 Å². The first-order valence-corrected chi connectivity index (χ1v) is 11.1. The average Bonchev–Trinajstić information content (AvgIpc) is 2.85. The molecule has 0 heterocycles. The van der Waals surface area contributed by atoms with E-state index in [4.69, 9.17) is 7.85 Å². The first-order chi connectivity index (χ1) is 12.8. The summed E-state index contributed by atoms with van der Waals surface area (Å²) in [7, 11) is 6.10. The number of rotatable bonds is 0. The van der Waals surface area contributed by atoms with Gasteiger partial charge in [-0.1, -0.05) is 59.5 Å². The van der Waals surface area contributed by atoms with Crippen LogP contribution in [0.4, 0.5) is 0 Å². The zero-order valence-electron chi connectivity index (χ0n) is 14.8. The van der Waals surface area contributed by atoms with E-state index >= 15 is 0 Å². The Kier molecular flexibility index (Phi) is 3.96. The van der Waals surface area contributed by atoms with Crippen molar-refractivity contribution in [2.24, 2.45) is 0 Å². The molecule has 0 atom stereocenters. The van der Waals surface area contributed by atoms with Crippen LogP contribution in [0.3, 0.4) is 0 Å². The molecular weight excluding hydrogens is 527 g/mol. The first kappa shape index (κ1) is 18.0. The van der Waals surface area contributed by atoms with Crippen molar-refractivity contribution in [2.75, 3.05) is 0 Å². The standard InChI is InChI=1S/C23H14BBr3/c1-23(2)19-7-11(24)3-5-13(19)15-9-17-18(10-20(15)23)21(26)14-6-4-12(25)8-16(14)22(17)27/h3-10H,1-2H3. The van der Waals surface area contributed by atoms with E-state index in [0.717, 1.165) is 18.9 Å². The Labute approximate surface area is 185 Å². The zero-order valence-corrected chi connectivity index (χ0v) is 19.6. The molecule has 4 heteroatoms. The maximum Gasteiger partial charge on any atom is 0.113 e. The molecule has 1 aliphatic carbocycles. The molecule has 2 radical (unpaired) electrons. The summed E-state index contributed by atoms with van der Waals surface area (Å²) in [4.78, 5) is 0. The zero-order chi connectivity index (χ0) is 19.1. The summed E-state index contributed by atoms with van der Waals surface area (Å²) in [5.41, 5.74) is 5.96. The topological polar surface area (TPSA) is 0 Å². The van der Waals surface area contributed by atoms with Crippen molar-refractivity contribution in [3.05, 3.63) is 73.1 Å². The van der Waals surface area contributed by atoms with Crippen molar-refractivity contribution < 1.29 is 0 Å². The predicted molar refractivity (Wildman–Crippen MR) is 128 cm³/mol. The molecule has 5 rings (SSSR count). The van der Waals surface area contributed by atoms with Crippen molar-refractivity contribution in [3.63, 3.8) is 0 Å². The van der Waals surface area contributed by atoms with Crippen LogP contribution in [0.2, 0.25) is 0 Å². The third-order valence-corrected chi connectivity index (χ3v) is 7.97. The summed E-state index contributed by atoms with van der Waals surface area (Å²) in [5, 5.41) is 4.84. The normalized spacial score (nSPS) is 14.6. The second kappa shape index (κ2) is 5.95. The highest BCUT2D eigenvalue weighted by Gasteiger charge is 2.36. The van der Waals surface area contributed by atoms with Gasteiger partial charge in [0.05, 0.1) is 0 Å². The second-order valence-electron chi connectivity index (χ2n) is 7.69. The Morgan fingerprint density at radius 2 is 1.30 bits per heavy atom. The molecule has 0 unspecified atom stereocenters. The van der Waals surface area contributed by atoms with Gasteiger partial charge in [0.15, 0.2) is 0 Å². The molecule has 1 aliphatic rings. The highest BCUT2D eigenvalue weighted by molar-refractivity contribution is 9.11. The lowest BCUT2D eigenvalue weighted by Gasteiger charge is -2.22. The summed E-state index contributed by atoms with van der Waals surface area (Å²) in [6, 6.07) is 17.3. The van der Waals surface area contributed by atoms with Crippen molar-refractivity contribution in [1.29, 1.82) is 0 Å². The molecule has 0 aromatic heterocycles. The summed E-state index contributed by atoms with van der Waals surface area (Å²) >= 11 is 11.4. The number of benzene rings is 4. The van der Waals surface area contributed by atoms with Crippen LogP contribution in [0.5, 0.6) is 0 Å². The Hall–Kier alpha value is -1.10. The third kappa shape index (κ3) is 2.46. The molecule has 0 N–H and O–H groups in total. The lowest BCUT2D eigenvalue weighted by atomic mass is 9.80. The Morgan fingerprint density at radius 1 is 0.667 bits per heavy atom. The van der Waals surface area contributed by atoms with Gasteiger partial charge in [-0.05, 0) is 99.9 Å². The molecule has 4 aromatic rings. The van der Waals surface area contributed by atoms with Gasteiger partial charge in [-0.3, -0.25) is 0 Å². The quantitative estimate of drug-likeness (QED) is 0.161. The molecule has 0 saturated carbocycles. The van der Waals surface area contributed by atoms with E-state index in [0.29, 0.717) is 0 Å². The van der Waals surface area contributed by atoms with Crippen LogP contribution in [0.15, 0.2) is 61.9 Å². The number of hydrogen-bond donors (Lipinski definition) is 0. The van der Waals surface area contributed by atoms with Crippen molar-refractivity contribution >= 4 is 82.6 Å². The van der Waals surface area contributed by atoms with E-state index < -0.39 is 0 Å². The number of halogens is 3. The molecule has 4 aromatic carbocycles. The van der Waals surface area contributed by atoms with E-state index in [2.05, 4.69) is 104 Å². The van der Waals surface area contributed by atoms with E-state index in [9.17, 15) is 0 Å². The molecule has 0 aliphatic heterocycles. The molecule has 0 spiro atoms. The van der Waals surface area contributed by atoms with Gasteiger partial charge in [-0.2, -0.15) is 0 Å². The lowest BCUT2D eigenvalue weighted by molar-refractivity contribution is 0.661. The van der Waals surface area contributed by atoms with Crippen LogP contribution in [-0.4, -0.2) is 7.85 Å². The minimum atomic E-state index is -0.0746. The predicted octanol–water partition coefficient (Wildman–Crippen LogP) is 7.38. The number of fused-ring (bicyclic) bond motifs is 5. The monoisotopic (exact) mass is 538 g/mol. The Balaban J connectivity index is 1.95. The lowest BCUT2D eigenvalue weighted by Crippen LogP contribution is -2.17. The summed E-state index contributed by atoms with van der Waals surface area (Å²) in [6.45, 7) is 4.56. The van der Waals surface area contributed by atoms with Crippen LogP contribution >= 0.6 is 47.8 Å². The summed E-state index contributed by atoms with van der Waals surface area (Å²) < 4.78 is 3.34. The van der Waals surface area contributed by atoms with Crippen LogP contribution in [0.25, 0.3) is 32.7 Å². The first-order valence-electron chi connectivity index (χ1n) is 8.74. The fraction of sp³-hybridized carbons (Fsp3) is 0.130. The Morgan fingerprint density at radius 3 is 2.07 bits per heavy atom. The van der Waals surface area contributed by atoms with Crippen LogP contribution in [-0.2, 0) is 5.41 Å². The SMILES string of the molecule is [B]c1ccc2c(c1)C(C)(C)c1cc3c(Br)c4ccc(Br)cc4c(Br)c3cc1-2. The molecule has 0 saturated heterocycles. The van der Waals surface area contributed by atoms with Gasteiger partial charge < -0.3 is 0 Å². The molecule has 0 fully saturated rings. The van der Waals surface area contributed by atoms with Crippen LogP contribution in [0, 0.1) is 0 Å². The fourth-order valence-electron chi connectivity index (χ4n) is 4.34. The van der Waals surface area contributed by atoms with Gasteiger partial charge in [0.2, 0.25) is 0 Å². The van der Waals surface area contributed by atoms with Gasteiger partial charge in [0.25, 0.3) is 0 Å². The molecule has 0 nitrogen and oxygen atoms in total. The van der Waals surface area contributed by atoms with E-state index in [1.807, 2.05) is 6.07 Å². The smallest absolute Gasteiger partial charge is 0.0963 e. The summed E-state index contributed by atoms with van der Waals surface area (Å²) in [5.74, 6) is 0. The highest BCUT2D eigenvalue weighted by Crippen LogP contribution is 2.51. The van der Waals surface area contributed by atoms with Crippen molar-refractivity contribution in [2.45, 2.75) is 19.3 Å². The summed E-state index contributed by atoms with van der Waals surface area (Å²) in [6.07, 6.45) is 0. The van der Waals surface area contributed by atoms with Crippen LogP contribution in [0.1, 0.15) is 25.0 Å². The van der Waals surface area contributed by atoms with Gasteiger partial charge in [-0.25, -0.2) is 0 Å². The van der Waals surface area contributed by atoms with Gasteiger partial charge in [-0.15, -0.1) is 0 Å². The van der Waals surface area contributed by atoms with E-state index in [1.54, 1.807) is 0 Å². The molecule has 0 bridgehead atoms. The second-order valence-corrected chi connectivity index (χ2v) is 10.2. The number of hydrogen-bond acceptors (Lipinski definition) is 0. The maximum atomic E-state index is 6.10. The van der Waals surface area contributed by atoms with Gasteiger partial charge in [0, 0.05) is 18.8 Å².